The minimum atomic E-state index is -0.660. The summed E-state index contributed by atoms with van der Waals surface area (Å²) in [6.07, 6.45) is 0. The number of carbonyl (C=O) groups is 1. The highest BCUT2D eigenvalue weighted by molar-refractivity contribution is 5.74. The van der Waals surface area contributed by atoms with Gasteiger partial charge in [-0.25, -0.2) is 0 Å². The summed E-state index contributed by atoms with van der Waals surface area (Å²) in [7, 11) is 0. The normalized spacial score (nSPS) is 18.2. The van der Waals surface area contributed by atoms with Gasteiger partial charge in [0.05, 0.1) is 15.9 Å². The number of nitrogens with zero attached hydrogens (tertiary/aromatic N) is 4. The van der Waals surface area contributed by atoms with Crippen molar-refractivity contribution >= 4 is 23.0 Å². The van der Waals surface area contributed by atoms with Gasteiger partial charge in [-0.3, -0.25) is 25.0 Å². The number of piperazine rings is 1. The number of carbonyl (C=O) groups excluding carboxylic acids is 1. The van der Waals surface area contributed by atoms with Crippen molar-refractivity contribution in [1.82, 2.24) is 4.90 Å². The van der Waals surface area contributed by atoms with E-state index in [0.29, 0.717) is 25.3 Å². The van der Waals surface area contributed by atoms with E-state index >= 15 is 0 Å². The van der Waals surface area contributed by atoms with Crippen LogP contribution in [0.25, 0.3) is 0 Å². The fourth-order valence-corrected chi connectivity index (χ4v) is 2.68. The van der Waals surface area contributed by atoms with Crippen molar-refractivity contribution in [1.29, 1.82) is 0 Å². The number of amides is 1. The van der Waals surface area contributed by atoms with Gasteiger partial charge in [-0.2, -0.15) is 0 Å². The molecule has 22 heavy (non-hydrogen) atoms. The number of non-ortho nitro benzene ring substituents is 1. The maximum absolute atomic E-state index is 11.5. The van der Waals surface area contributed by atoms with Gasteiger partial charge in [-0.1, -0.05) is 0 Å². The van der Waals surface area contributed by atoms with E-state index in [4.69, 9.17) is 0 Å². The van der Waals surface area contributed by atoms with Gasteiger partial charge < -0.3 is 9.80 Å². The Balaban J connectivity index is 2.31. The lowest BCUT2D eigenvalue weighted by Crippen LogP contribution is -2.53. The van der Waals surface area contributed by atoms with Crippen molar-refractivity contribution in [2.45, 2.75) is 19.9 Å². The molecular weight excluding hydrogens is 292 g/mol. The molecule has 0 aromatic heterocycles. The Labute approximate surface area is 126 Å². The Morgan fingerprint density at radius 1 is 1.23 bits per heavy atom. The highest BCUT2D eigenvalue weighted by Crippen LogP contribution is 2.33. The van der Waals surface area contributed by atoms with E-state index in [1.807, 2.05) is 6.92 Å². The van der Waals surface area contributed by atoms with E-state index in [9.17, 15) is 25.0 Å². The zero-order valence-corrected chi connectivity index (χ0v) is 12.3. The van der Waals surface area contributed by atoms with Crippen LogP contribution < -0.4 is 4.90 Å². The van der Waals surface area contributed by atoms with E-state index in [-0.39, 0.29) is 23.3 Å². The average Bonchev–Trinajstić information content (AvgIpc) is 2.45. The van der Waals surface area contributed by atoms with Crippen molar-refractivity contribution in [2.24, 2.45) is 0 Å². The molecule has 0 spiro atoms. The predicted octanol–water partition coefficient (Wildman–Crippen LogP) is 1.56. The fraction of sp³-hybridized carbons (Fsp3) is 0.462. The van der Waals surface area contributed by atoms with Crippen molar-refractivity contribution < 1.29 is 14.6 Å². The highest BCUT2D eigenvalue weighted by Gasteiger charge is 2.30. The van der Waals surface area contributed by atoms with Crippen LogP contribution in [0, 0.1) is 20.2 Å². The molecule has 1 saturated heterocycles. The fourth-order valence-electron chi connectivity index (χ4n) is 2.68. The van der Waals surface area contributed by atoms with Crippen molar-refractivity contribution in [3.8, 4) is 0 Å². The molecule has 2 rings (SSSR count). The molecule has 9 heteroatoms. The molecule has 0 aliphatic carbocycles. The number of anilines is 1. The smallest absolute Gasteiger partial charge is 0.299 e. The van der Waals surface area contributed by atoms with Gasteiger partial charge in [0.2, 0.25) is 5.91 Å². The largest absolute Gasteiger partial charge is 0.362 e. The van der Waals surface area contributed by atoms with E-state index in [1.54, 1.807) is 9.80 Å². The van der Waals surface area contributed by atoms with Gasteiger partial charge in [0.1, 0.15) is 5.69 Å². The second kappa shape index (κ2) is 5.96. The molecule has 1 fully saturated rings. The lowest BCUT2D eigenvalue weighted by molar-refractivity contribution is -0.393. The first kappa shape index (κ1) is 15.7. The molecule has 1 aliphatic heterocycles. The summed E-state index contributed by atoms with van der Waals surface area (Å²) in [4.78, 5) is 35.6. The molecule has 0 saturated carbocycles. The third-order valence-electron chi connectivity index (χ3n) is 3.74. The monoisotopic (exact) mass is 308 g/mol. The van der Waals surface area contributed by atoms with Crippen molar-refractivity contribution in [3.63, 3.8) is 0 Å². The number of benzene rings is 1. The molecule has 0 bridgehead atoms. The van der Waals surface area contributed by atoms with Crippen LogP contribution in [0.3, 0.4) is 0 Å². The summed E-state index contributed by atoms with van der Waals surface area (Å²) in [6, 6.07) is 3.54. The summed E-state index contributed by atoms with van der Waals surface area (Å²) in [5.41, 5.74) is -0.269. The molecule has 0 unspecified atom stereocenters. The second-order valence-corrected chi connectivity index (χ2v) is 5.19. The van der Waals surface area contributed by atoms with Crippen LogP contribution in [0.1, 0.15) is 13.8 Å². The summed E-state index contributed by atoms with van der Waals surface area (Å²) in [5.74, 6) is -0.0367. The zero-order valence-electron chi connectivity index (χ0n) is 12.3. The van der Waals surface area contributed by atoms with Crippen LogP contribution in [-0.2, 0) is 4.79 Å². The molecule has 1 heterocycles. The van der Waals surface area contributed by atoms with Gasteiger partial charge in [-0.05, 0) is 13.0 Å². The predicted molar refractivity (Wildman–Crippen MR) is 78.8 cm³/mol. The summed E-state index contributed by atoms with van der Waals surface area (Å²) in [6.45, 7) is 4.71. The minimum Gasteiger partial charge on any atom is -0.362 e. The Bertz CT molecular complexity index is 633. The van der Waals surface area contributed by atoms with Crippen LogP contribution in [0.5, 0.6) is 0 Å². The minimum absolute atomic E-state index is 0.0367. The third-order valence-corrected chi connectivity index (χ3v) is 3.74. The van der Waals surface area contributed by atoms with Crippen LogP contribution in [-0.4, -0.2) is 46.3 Å². The molecule has 0 radical (unpaired) electrons. The number of nitro benzene ring substituents is 2. The van der Waals surface area contributed by atoms with Gasteiger partial charge in [0, 0.05) is 38.7 Å². The van der Waals surface area contributed by atoms with Gasteiger partial charge >= 0.3 is 0 Å². The number of hydrogen-bond donors (Lipinski definition) is 0. The third kappa shape index (κ3) is 2.97. The van der Waals surface area contributed by atoms with Crippen molar-refractivity contribution in [2.75, 3.05) is 24.5 Å². The lowest BCUT2D eigenvalue weighted by atomic mass is 10.1. The SMILES string of the molecule is CC(=O)N1CCN(c2ccc([N+](=O)[O-])cc2[N+](=O)[O-])C[C@@H]1C. The molecular formula is C13H16N4O5. The summed E-state index contributed by atoms with van der Waals surface area (Å²) < 4.78 is 0. The van der Waals surface area contributed by atoms with Crippen LogP contribution in [0.15, 0.2) is 18.2 Å². The maximum atomic E-state index is 11.5. The molecule has 1 aromatic carbocycles. The van der Waals surface area contributed by atoms with Crippen LogP contribution >= 0.6 is 0 Å². The second-order valence-electron chi connectivity index (χ2n) is 5.19. The Kier molecular flexibility index (Phi) is 4.25. The highest BCUT2D eigenvalue weighted by atomic mass is 16.6. The molecule has 1 amide bonds. The van der Waals surface area contributed by atoms with Crippen molar-refractivity contribution in [3.05, 3.63) is 38.4 Å². The Morgan fingerprint density at radius 3 is 2.41 bits per heavy atom. The van der Waals surface area contributed by atoms with Crippen LogP contribution in [0.4, 0.5) is 17.1 Å². The van der Waals surface area contributed by atoms with E-state index in [0.717, 1.165) is 6.07 Å². The van der Waals surface area contributed by atoms with Gasteiger partial charge in [0.15, 0.2) is 0 Å². The van der Waals surface area contributed by atoms with E-state index in [2.05, 4.69) is 0 Å². The zero-order chi connectivity index (χ0) is 16.4. The first-order valence-corrected chi connectivity index (χ1v) is 6.76. The van der Waals surface area contributed by atoms with E-state index < -0.39 is 9.85 Å². The number of rotatable bonds is 3. The van der Waals surface area contributed by atoms with Crippen LogP contribution in [0.2, 0.25) is 0 Å². The Morgan fingerprint density at radius 2 is 1.91 bits per heavy atom. The molecule has 1 aromatic rings. The average molecular weight is 308 g/mol. The molecule has 0 N–H and O–H groups in total. The topological polar surface area (TPSA) is 110 Å². The standard InChI is InChI=1S/C13H16N4O5/c1-9-8-14(5-6-15(9)10(2)18)12-4-3-11(16(19)20)7-13(12)17(21)22/h3-4,7,9H,5-6,8H2,1-2H3/t9-/m0/s1. The summed E-state index contributed by atoms with van der Waals surface area (Å²) >= 11 is 0. The lowest BCUT2D eigenvalue weighted by Gasteiger charge is -2.40. The molecule has 118 valence electrons. The Hall–Kier alpha value is -2.71. The molecule has 9 nitrogen and oxygen atoms in total. The first-order valence-electron chi connectivity index (χ1n) is 6.76. The quantitative estimate of drug-likeness (QED) is 0.619. The number of nitro groups is 2. The first-order chi connectivity index (χ1) is 10.3. The summed E-state index contributed by atoms with van der Waals surface area (Å²) in [5, 5.41) is 21.9. The van der Waals surface area contributed by atoms with Gasteiger partial charge in [0.25, 0.3) is 11.4 Å². The molecule has 1 aliphatic rings. The number of hydrogen-bond acceptors (Lipinski definition) is 6. The van der Waals surface area contributed by atoms with E-state index in [1.165, 1.54) is 19.1 Å². The maximum Gasteiger partial charge on any atom is 0.299 e. The van der Waals surface area contributed by atoms with Gasteiger partial charge in [-0.15, -0.1) is 0 Å². The molecule has 1 atom stereocenters.